The van der Waals surface area contributed by atoms with Crippen LogP contribution in [0, 0.1) is 13.8 Å². The molecule has 4 nitrogen and oxygen atoms in total. The Kier molecular flexibility index (Phi) is 3.19. The molecule has 0 bridgehead atoms. The van der Waals surface area contributed by atoms with Crippen molar-refractivity contribution in [2.45, 2.75) is 27.3 Å². The lowest BCUT2D eigenvalue weighted by atomic mass is 10.1. The van der Waals surface area contributed by atoms with Gasteiger partial charge in [0.05, 0.1) is 5.02 Å². The van der Waals surface area contributed by atoms with Gasteiger partial charge in [0, 0.05) is 12.2 Å². The lowest BCUT2D eigenvalue weighted by Crippen LogP contribution is -2.29. The summed E-state index contributed by atoms with van der Waals surface area (Å²) in [7, 11) is 0. The summed E-state index contributed by atoms with van der Waals surface area (Å²) in [5.41, 5.74) is 0.194. The molecule has 15 heavy (non-hydrogen) atoms. The van der Waals surface area contributed by atoms with Crippen LogP contribution in [0.4, 0.5) is 0 Å². The van der Waals surface area contributed by atoms with Gasteiger partial charge in [-0.05, 0) is 26.3 Å². The molecule has 0 unspecified atom stereocenters. The monoisotopic (exact) mass is 229 g/mol. The second-order valence-electron chi connectivity index (χ2n) is 3.25. The Labute approximate surface area is 92.1 Å². The molecule has 0 saturated carbocycles. The van der Waals surface area contributed by atoms with Crippen LogP contribution in [-0.2, 0) is 6.54 Å². The molecular formula is C10H12ClNO3. The molecule has 0 aliphatic heterocycles. The first kappa shape index (κ1) is 11.8. The zero-order chi connectivity index (χ0) is 11.7. The molecule has 1 aromatic heterocycles. The molecule has 82 valence electrons. The predicted octanol–water partition coefficient (Wildman–Crippen LogP) is 1.84. The van der Waals surface area contributed by atoms with Crippen molar-refractivity contribution in [1.29, 1.82) is 0 Å². The maximum absolute atomic E-state index is 11.8. The van der Waals surface area contributed by atoms with E-state index in [2.05, 4.69) is 0 Å². The Morgan fingerprint density at radius 2 is 2.00 bits per heavy atom. The van der Waals surface area contributed by atoms with E-state index in [1.54, 1.807) is 20.8 Å². The smallest absolute Gasteiger partial charge is 0.341 e. The molecule has 0 radical (unpaired) electrons. The van der Waals surface area contributed by atoms with Gasteiger partial charge >= 0.3 is 5.97 Å². The summed E-state index contributed by atoms with van der Waals surface area (Å²) in [6, 6.07) is 0. The summed E-state index contributed by atoms with van der Waals surface area (Å²) < 4.78 is 1.36. The minimum atomic E-state index is -1.23. The Balaban J connectivity index is 3.77. The Bertz CT molecular complexity index is 477. The van der Waals surface area contributed by atoms with Crippen LogP contribution in [0.15, 0.2) is 4.79 Å². The fraction of sp³-hybridized carbons (Fsp3) is 0.400. The quantitative estimate of drug-likeness (QED) is 0.842. The molecule has 0 aliphatic rings. The number of hydrogen-bond acceptors (Lipinski definition) is 2. The first-order valence-corrected chi connectivity index (χ1v) is 4.92. The zero-order valence-electron chi connectivity index (χ0n) is 8.80. The first-order chi connectivity index (χ1) is 6.91. The van der Waals surface area contributed by atoms with Crippen LogP contribution >= 0.6 is 11.6 Å². The van der Waals surface area contributed by atoms with E-state index in [9.17, 15) is 9.59 Å². The molecule has 0 spiro atoms. The van der Waals surface area contributed by atoms with E-state index in [1.165, 1.54) is 4.57 Å². The summed E-state index contributed by atoms with van der Waals surface area (Å²) in [5.74, 6) is -1.23. The van der Waals surface area contributed by atoms with E-state index in [-0.39, 0.29) is 5.56 Å². The number of carboxylic acids is 1. The number of aromatic nitrogens is 1. The molecule has 0 aromatic carbocycles. The Morgan fingerprint density at radius 3 is 2.40 bits per heavy atom. The number of rotatable bonds is 2. The number of carbonyl (C=O) groups is 1. The molecule has 0 fully saturated rings. The fourth-order valence-corrected chi connectivity index (χ4v) is 1.78. The van der Waals surface area contributed by atoms with Gasteiger partial charge in [-0.15, -0.1) is 0 Å². The van der Waals surface area contributed by atoms with Gasteiger partial charge in [0.2, 0.25) is 0 Å². The van der Waals surface area contributed by atoms with E-state index in [0.29, 0.717) is 22.8 Å². The molecule has 0 saturated heterocycles. The van der Waals surface area contributed by atoms with Crippen molar-refractivity contribution in [2.75, 3.05) is 0 Å². The van der Waals surface area contributed by atoms with Crippen LogP contribution in [0.3, 0.4) is 0 Å². The van der Waals surface area contributed by atoms with Gasteiger partial charge in [0.25, 0.3) is 5.56 Å². The van der Waals surface area contributed by atoms with Gasteiger partial charge in [0.1, 0.15) is 5.56 Å². The van der Waals surface area contributed by atoms with Gasteiger partial charge in [0.15, 0.2) is 0 Å². The maximum atomic E-state index is 11.8. The molecule has 1 aromatic rings. The van der Waals surface area contributed by atoms with Crippen molar-refractivity contribution < 1.29 is 9.90 Å². The lowest BCUT2D eigenvalue weighted by Gasteiger charge is -2.13. The van der Waals surface area contributed by atoms with Crippen molar-refractivity contribution in [1.82, 2.24) is 4.57 Å². The molecule has 1 heterocycles. The third kappa shape index (κ3) is 1.77. The maximum Gasteiger partial charge on any atom is 0.341 e. The topological polar surface area (TPSA) is 59.3 Å². The van der Waals surface area contributed by atoms with E-state index in [4.69, 9.17) is 16.7 Å². The van der Waals surface area contributed by atoms with Crippen molar-refractivity contribution >= 4 is 17.6 Å². The second kappa shape index (κ2) is 4.06. The fourth-order valence-electron chi connectivity index (χ4n) is 1.58. The Hall–Kier alpha value is -1.29. The van der Waals surface area contributed by atoms with Crippen LogP contribution < -0.4 is 5.56 Å². The molecule has 1 rings (SSSR count). The van der Waals surface area contributed by atoms with Gasteiger partial charge in [-0.3, -0.25) is 4.79 Å². The van der Waals surface area contributed by atoms with Crippen LogP contribution in [0.1, 0.15) is 28.5 Å². The van der Waals surface area contributed by atoms with Crippen molar-refractivity contribution in [3.05, 3.63) is 32.2 Å². The summed E-state index contributed by atoms with van der Waals surface area (Å²) in [5, 5.41) is 9.25. The highest BCUT2D eigenvalue weighted by molar-refractivity contribution is 6.32. The van der Waals surface area contributed by atoms with Gasteiger partial charge in [-0.1, -0.05) is 11.6 Å². The van der Waals surface area contributed by atoms with Crippen molar-refractivity contribution in [2.24, 2.45) is 0 Å². The largest absolute Gasteiger partial charge is 0.477 e. The second-order valence-corrected chi connectivity index (χ2v) is 3.63. The average Bonchev–Trinajstić information content (AvgIpc) is 2.15. The highest BCUT2D eigenvalue weighted by Crippen LogP contribution is 2.20. The summed E-state index contributed by atoms with van der Waals surface area (Å²) in [6.07, 6.45) is 0. The summed E-state index contributed by atoms with van der Waals surface area (Å²) in [6.45, 7) is 5.42. The highest BCUT2D eigenvalue weighted by atomic mass is 35.5. The van der Waals surface area contributed by atoms with E-state index < -0.39 is 11.5 Å². The molecular weight excluding hydrogens is 218 g/mol. The zero-order valence-corrected chi connectivity index (χ0v) is 9.55. The van der Waals surface area contributed by atoms with Gasteiger partial charge in [-0.2, -0.15) is 0 Å². The van der Waals surface area contributed by atoms with Crippen molar-refractivity contribution in [3.63, 3.8) is 0 Å². The molecule has 0 aliphatic carbocycles. The normalized spacial score (nSPS) is 10.4. The first-order valence-electron chi connectivity index (χ1n) is 4.54. The summed E-state index contributed by atoms with van der Waals surface area (Å²) in [4.78, 5) is 22.7. The third-order valence-corrected chi connectivity index (χ3v) is 2.97. The van der Waals surface area contributed by atoms with Crippen LogP contribution in [0.25, 0.3) is 0 Å². The highest BCUT2D eigenvalue weighted by Gasteiger charge is 2.19. The number of carboxylic acid groups (broad SMARTS) is 1. The van der Waals surface area contributed by atoms with Crippen LogP contribution in [0.2, 0.25) is 5.02 Å². The number of halogens is 1. The van der Waals surface area contributed by atoms with E-state index in [0.717, 1.165) is 0 Å². The predicted molar refractivity (Wildman–Crippen MR) is 57.8 cm³/mol. The van der Waals surface area contributed by atoms with Crippen LogP contribution in [-0.4, -0.2) is 15.6 Å². The lowest BCUT2D eigenvalue weighted by molar-refractivity contribution is 0.0693. The minimum Gasteiger partial charge on any atom is -0.477 e. The number of hydrogen-bond donors (Lipinski definition) is 1. The van der Waals surface area contributed by atoms with Gasteiger partial charge < -0.3 is 9.67 Å². The molecule has 0 atom stereocenters. The van der Waals surface area contributed by atoms with Crippen LogP contribution in [0.5, 0.6) is 0 Å². The summed E-state index contributed by atoms with van der Waals surface area (Å²) >= 11 is 5.96. The SMILES string of the molecule is CCn1c(C)c(Cl)c(C)c(C(=O)O)c1=O. The van der Waals surface area contributed by atoms with E-state index in [1.807, 2.05) is 0 Å². The van der Waals surface area contributed by atoms with E-state index >= 15 is 0 Å². The minimum absolute atomic E-state index is 0.243. The average molecular weight is 230 g/mol. The number of pyridine rings is 1. The molecule has 1 N–H and O–H groups in total. The van der Waals surface area contributed by atoms with Crippen molar-refractivity contribution in [3.8, 4) is 0 Å². The molecule has 0 amide bonds. The standard InChI is InChI=1S/C10H12ClNO3/c1-4-12-6(3)8(11)5(2)7(9(12)13)10(14)15/h4H2,1-3H3,(H,14,15). The number of aromatic carboxylic acids is 1. The van der Waals surface area contributed by atoms with Gasteiger partial charge in [-0.25, -0.2) is 4.79 Å². The molecule has 5 heteroatoms. The Morgan fingerprint density at radius 1 is 1.47 bits per heavy atom. The third-order valence-electron chi connectivity index (χ3n) is 2.42. The number of nitrogens with zero attached hydrogens (tertiary/aromatic N) is 1.